The Morgan fingerprint density at radius 3 is 2.80 bits per heavy atom. The molecule has 128 valence electrons. The number of ether oxygens (including phenoxy) is 2. The number of benzene rings is 2. The molecule has 0 atom stereocenters. The molecule has 2 aromatic carbocycles. The maximum absolute atomic E-state index is 5.95. The van der Waals surface area contributed by atoms with Crippen molar-refractivity contribution in [3.05, 3.63) is 65.2 Å². The molecule has 0 aliphatic carbocycles. The Morgan fingerprint density at radius 2 is 2.00 bits per heavy atom. The Hall–Kier alpha value is -2.59. The van der Waals surface area contributed by atoms with Gasteiger partial charge in [-0.15, -0.1) is 0 Å². The highest BCUT2D eigenvalue weighted by Crippen LogP contribution is 2.30. The first kappa shape index (κ1) is 15.9. The second-order valence-corrected chi connectivity index (χ2v) is 6.51. The van der Waals surface area contributed by atoms with Gasteiger partial charge in [0.15, 0.2) is 0 Å². The van der Waals surface area contributed by atoms with Gasteiger partial charge in [-0.25, -0.2) is 4.98 Å². The second kappa shape index (κ2) is 6.73. The predicted octanol–water partition coefficient (Wildman–Crippen LogP) is 3.95. The van der Waals surface area contributed by atoms with Gasteiger partial charge >= 0.3 is 0 Å². The first-order valence-electron chi connectivity index (χ1n) is 8.60. The smallest absolute Gasteiger partial charge is 0.218 e. The van der Waals surface area contributed by atoms with E-state index in [1.54, 1.807) is 7.11 Å². The molecule has 1 aliphatic rings. The first-order chi connectivity index (χ1) is 12.2. The number of nitrogens with zero attached hydrogens (tertiary/aromatic N) is 2. The van der Waals surface area contributed by atoms with Gasteiger partial charge in [0.05, 0.1) is 12.6 Å². The number of rotatable bonds is 3. The quantitative estimate of drug-likeness (QED) is 0.726. The molecular formula is C21H22N2O2. The molecule has 0 fully saturated rings. The third kappa shape index (κ3) is 3.30. The molecular weight excluding hydrogens is 312 g/mol. The maximum atomic E-state index is 5.95. The summed E-state index contributed by atoms with van der Waals surface area (Å²) in [6.07, 6.45) is 0. The topological polar surface area (TPSA) is 34.6 Å². The highest BCUT2D eigenvalue weighted by Gasteiger charge is 2.18. The lowest BCUT2D eigenvalue weighted by Gasteiger charge is -2.19. The van der Waals surface area contributed by atoms with Gasteiger partial charge < -0.3 is 9.47 Å². The molecule has 0 saturated heterocycles. The van der Waals surface area contributed by atoms with E-state index in [0.29, 0.717) is 6.61 Å². The average Bonchev–Trinajstić information content (AvgIpc) is 2.82. The lowest BCUT2D eigenvalue weighted by molar-refractivity contribution is 0.217. The van der Waals surface area contributed by atoms with Crippen molar-refractivity contribution >= 4 is 10.9 Å². The van der Waals surface area contributed by atoms with Crippen LogP contribution in [0.15, 0.2) is 48.5 Å². The van der Waals surface area contributed by atoms with Crippen LogP contribution in [0, 0.1) is 6.92 Å². The lowest BCUT2D eigenvalue weighted by Crippen LogP contribution is -2.25. The van der Waals surface area contributed by atoms with Crippen molar-refractivity contribution in [2.45, 2.75) is 20.0 Å². The van der Waals surface area contributed by atoms with E-state index in [1.807, 2.05) is 12.1 Å². The van der Waals surface area contributed by atoms with Crippen LogP contribution < -0.4 is 9.47 Å². The van der Waals surface area contributed by atoms with E-state index in [1.165, 1.54) is 5.56 Å². The van der Waals surface area contributed by atoms with Gasteiger partial charge in [0, 0.05) is 30.6 Å². The molecule has 0 bridgehead atoms. The van der Waals surface area contributed by atoms with Gasteiger partial charge in [-0.3, -0.25) is 4.90 Å². The zero-order valence-corrected chi connectivity index (χ0v) is 14.7. The molecule has 0 amide bonds. The van der Waals surface area contributed by atoms with Crippen molar-refractivity contribution in [2.24, 2.45) is 0 Å². The average molecular weight is 334 g/mol. The maximum Gasteiger partial charge on any atom is 0.218 e. The molecule has 1 aromatic heterocycles. The first-order valence-corrected chi connectivity index (χ1v) is 8.60. The van der Waals surface area contributed by atoms with Crippen LogP contribution in [-0.4, -0.2) is 30.1 Å². The SMILES string of the molecule is COc1cc(C)c2nc3c(cc2c1)CN(Cc1ccccc1)CCO3. The summed E-state index contributed by atoms with van der Waals surface area (Å²) in [7, 11) is 1.70. The van der Waals surface area contributed by atoms with E-state index in [9.17, 15) is 0 Å². The fourth-order valence-corrected chi connectivity index (χ4v) is 3.38. The Balaban J connectivity index is 1.68. The van der Waals surface area contributed by atoms with Crippen LogP contribution >= 0.6 is 0 Å². The van der Waals surface area contributed by atoms with E-state index in [0.717, 1.165) is 53.3 Å². The van der Waals surface area contributed by atoms with E-state index in [-0.39, 0.29) is 0 Å². The Morgan fingerprint density at radius 1 is 1.16 bits per heavy atom. The highest BCUT2D eigenvalue weighted by atomic mass is 16.5. The van der Waals surface area contributed by atoms with Gasteiger partial charge in [0.1, 0.15) is 12.4 Å². The largest absolute Gasteiger partial charge is 0.497 e. The standard InChI is InChI=1S/C21H22N2O2/c1-15-10-19(24-2)12-17-11-18-14-23(13-16-6-4-3-5-7-16)8-9-25-21(18)22-20(15)17/h3-7,10-12H,8-9,13-14H2,1-2H3. The molecule has 4 heteroatoms. The highest BCUT2D eigenvalue weighted by molar-refractivity contribution is 5.84. The van der Waals surface area contributed by atoms with Crippen molar-refractivity contribution in [1.29, 1.82) is 0 Å². The normalized spacial score (nSPS) is 14.6. The molecule has 2 heterocycles. The van der Waals surface area contributed by atoms with E-state index in [2.05, 4.69) is 48.2 Å². The number of methoxy groups -OCH3 is 1. The van der Waals surface area contributed by atoms with Gasteiger partial charge in [-0.2, -0.15) is 0 Å². The zero-order chi connectivity index (χ0) is 17.2. The zero-order valence-electron chi connectivity index (χ0n) is 14.7. The summed E-state index contributed by atoms with van der Waals surface area (Å²) >= 11 is 0. The minimum Gasteiger partial charge on any atom is -0.497 e. The number of aryl methyl sites for hydroxylation is 1. The minimum absolute atomic E-state index is 0.660. The third-order valence-corrected chi connectivity index (χ3v) is 4.65. The van der Waals surface area contributed by atoms with E-state index in [4.69, 9.17) is 14.5 Å². The van der Waals surface area contributed by atoms with Gasteiger partial charge in [-0.1, -0.05) is 30.3 Å². The summed E-state index contributed by atoms with van der Waals surface area (Å²) in [6, 6.07) is 16.8. The Labute approximate surface area is 148 Å². The van der Waals surface area contributed by atoms with Crippen LogP contribution in [0.25, 0.3) is 10.9 Å². The lowest BCUT2D eigenvalue weighted by atomic mass is 10.1. The summed E-state index contributed by atoms with van der Waals surface area (Å²) in [6.45, 7) is 5.36. The van der Waals surface area contributed by atoms with Crippen molar-refractivity contribution in [1.82, 2.24) is 9.88 Å². The molecule has 0 saturated carbocycles. The fraction of sp³-hybridized carbons (Fsp3) is 0.286. The monoisotopic (exact) mass is 334 g/mol. The van der Waals surface area contributed by atoms with Crippen molar-refractivity contribution in [3.63, 3.8) is 0 Å². The van der Waals surface area contributed by atoms with Gasteiger partial charge in [0.25, 0.3) is 0 Å². The molecule has 4 nitrogen and oxygen atoms in total. The van der Waals surface area contributed by atoms with Crippen molar-refractivity contribution in [3.8, 4) is 11.6 Å². The number of hydrogen-bond donors (Lipinski definition) is 0. The van der Waals surface area contributed by atoms with Crippen molar-refractivity contribution in [2.75, 3.05) is 20.3 Å². The molecule has 1 aliphatic heterocycles. The van der Waals surface area contributed by atoms with Crippen molar-refractivity contribution < 1.29 is 9.47 Å². The van der Waals surface area contributed by atoms with Crippen LogP contribution in [0.2, 0.25) is 0 Å². The number of hydrogen-bond acceptors (Lipinski definition) is 4. The van der Waals surface area contributed by atoms with Crippen LogP contribution in [0.1, 0.15) is 16.7 Å². The van der Waals surface area contributed by atoms with E-state index < -0.39 is 0 Å². The van der Waals surface area contributed by atoms with E-state index >= 15 is 0 Å². The summed E-state index contributed by atoms with van der Waals surface area (Å²) < 4.78 is 11.4. The Bertz CT molecular complexity index is 893. The second-order valence-electron chi connectivity index (χ2n) is 6.51. The minimum atomic E-state index is 0.660. The molecule has 0 spiro atoms. The Kier molecular flexibility index (Phi) is 4.28. The molecule has 25 heavy (non-hydrogen) atoms. The number of fused-ring (bicyclic) bond motifs is 2. The third-order valence-electron chi connectivity index (χ3n) is 4.65. The van der Waals surface area contributed by atoms with Crippen LogP contribution in [0.3, 0.4) is 0 Å². The number of aromatic nitrogens is 1. The van der Waals surface area contributed by atoms with Crippen LogP contribution in [0.5, 0.6) is 11.6 Å². The molecule has 0 N–H and O–H groups in total. The summed E-state index contributed by atoms with van der Waals surface area (Å²) in [5, 5.41) is 1.10. The van der Waals surface area contributed by atoms with Crippen LogP contribution in [-0.2, 0) is 13.1 Å². The summed E-state index contributed by atoms with van der Waals surface area (Å²) in [4.78, 5) is 7.19. The fourth-order valence-electron chi connectivity index (χ4n) is 3.38. The van der Waals surface area contributed by atoms with Gasteiger partial charge in [-0.05, 0) is 36.2 Å². The summed E-state index contributed by atoms with van der Waals surface area (Å²) in [5.41, 5.74) is 4.54. The molecule has 0 radical (unpaired) electrons. The number of pyridine rings is 1. The summed E-state index contributed by atoms with van der Waals surface area (Å²) in [5.74, 6) is 1.62. The van der Waals surface area contributed by atoms with Crippen LogP contribution in [0.4, 0.5) is 0 Å². The molecule has 0 unspecified atom stereocenters. The van der Waals surface area contributed by atoms with Gasteiger partial charge in [0.2, 0.25) is 5.88 Å². The molecule has 3 aromatic rings. The predicted molar refractivity (Wildman–Crippen MR) is 99.1 cm³/mol. The molecule has 4 rings (SSSR count).